The second kappa shape index (κ2) is 4.28. The van der Waals surface area contributed by atoms with E-state index in [1.165, 1.54) is 0 Å². The molecule has 0 aromatic heterocycles. The molecule has 0 radical (unpaired) electrons. The Morgan fingerprint density at radius 3 is 2.31 bits per heavy atom. The molecule has 0 spiro atoms. The van der Waals surface area contributed by atoms with Crippen molar-refractivity contribution in [2.24, 2.45) is 5.92 Å². The van der Waals surface area contributed by atoms with Crippen LogP contribution < -0.4 is 0 Å². The van der Waals surface area contributed by atoms with Gasteiger partial charge in [-0.15, -0.1) is 0 Å². The maximum Gasteiger partial charge on any atom is 0.306 e. The fourth-order valence-electron chi connectivity index (χ4n) is 2.76. The number of rotatable bonds is 2. The highest BCUT2D eigenvalue weighted by Gasteiger charge is 2.41. The lowest BCUT2D eigenvalue weighted by molar-refractivity contribution is -0.143. The monoisotopic (exact) mass is 233 g/mol. The number of alkyl halides is 2. The zero-order valence-electron chi connectivity index (χ0n) is 9.16. The Labute approximate surface area is 93.4 Å². The molecule has 2 aliphatic rings. The summed E-state index contributed by atoms with van der Waals surface area (Å²) >= 11 is 0. The minimum Gasteiger partial charge on any atom is -0.481 e. The molecule has 1 aliphatic heterocycles. The van der Waals surface area contributed by atoms with Gasteiger partial charge in [-0.1, -0.05) is 0 Å². The van der Waals surface area contributed by atoms with Crippen LogP contribution in [0, 0.1) is 5.92 Å². The van der Waals surface area contributed by atoms with Gasteiger partial charge < -0.3 is 5.11 Å². The lowest BCUT2D eigenvalue weighted by atomic mass is 9.85. The number of carboxylic acid groups (broad SMARTS) is 1. The third-order valence-corrected chi connectivity index (χ3v) is 3.76. The van der Waals surface area contributed by atoms with Crippen LogP contribution in [-0.4, -0.2) is 41.0 Å². The molecule has 0 bridgehead atoms. The highest BCUT2D eigenvalue weighted by Crippen LogP contribution is 2.34. The van der Waals surface area contributed by atoms with Crippen molar-refractivity contribution in [3.63, 3.8) is 0 Å². The van der Waals surface area contributed by atoms with E-state index >= 15 is 0 Å². The Hall–Kier alpha value is -0.710. The third kappa shape index (κ3) is 2.51. The second-order valence-electron chi connectivity index (χ2n) is 4.92. The Morgan fingerprint density at radius 2 is 1.88 bits per heavy atom. The number of carboxylic acids is 1. The van der Waals surface area contributed by atoms with Gasteiger partial charge in [0.15, 0.2) is 0 Å². The molecule has 0 aromatic rings. The maximum atomic E-state index is 13.0. The van der Waals surface area contributed by atoms with E-state index in [-0.39, 0.29) is 24.9 Å². The molecule has 1 heterocycles. The first-order valence-electron chi connectivity index (χ1n) is 5.83. The molecule has 1 aliphatic carbocycles. The van der Waals surface area contributed by atoms with Crippen molar-refractivity contribution in [1.82, 2.24) is 4.90 Å². The molecule has 0 amide bonds. The summed E-state index contributed by atoms with van der Waals surface area (Å²) in [4.78, 5) is 12.6. The van der Waals surface area contributed by atoms with E-state index < -0.39 is 11.9 Å². The summed E-state index contributed by atoms with van der Waals surface area (Å²) in [6, 6.07) is 0.170. The van der Waals surface area contributed by atoms with Crippen LogP contribution in [0.5, 0.6) is 0 Å². The summed E-state index contributed by atoms with van der Waals surface area (Å²) in [7, 11) is 0. The van der Waals surface area contributed by atoms with Gasteiger partial charge in [0, 0.05) is 19.0 Å². The summed E-state index contributed by atoms with van der Waals surface area (Å²) in [6.07, 6.45) is 2.69. The van der Waals surface area contributed by atoms with Gasteiger partial charge in [0.25, 0.3) is 5.92 Å². The van der Waals surface area contributed by atoms with Crippen LogP contribution in [0.2, 0.25) is 0 Å². The van der Waals surface area contributed by atoms with Crippen molar-refractivity contribution in [2.45, 2.75) is 44.1 Å². The molecule has 2 fully saturated rings. The molecule has 1 saturated carbocycles. The number of aliphatic carboxylic acids is 1. The van der Waals surface area contributed by atoms with E-state index in [2.05, 4.69) is 0 Å². The van der Waals surface area contributed by atoms with Crippen molar-refractivity contribution >= 4 is 5.97 Å². The predicted octanol–water partition coefficient (Wildman–Crippen LogP) is 1.97. The van der Waals surface area contributed by atoms with Gasteiger partial charge in [-0.05, 0) is 25.7 Å². The van der Waals surface area contributed by atoms with Crippen LogP contribution in [0.1, 0.15) is 32.1 Å². The molecule has 5 heteroatoms. The van der Waals surface area contributed by atoms with Gasteiger partial charge in [-0.3, -0.25) is 9.69 Å². The first-order chi connectivity index (χ1) is 7.48. The average Bonchev–Trinajstić information content (AvgIpc) is 2.59. The Bertz CT molecular complexity index is 275. The van der Waals surface area contributed by atoms with Gasteiger partial charge in [-0.25, -0.2) is 8.78 Å². The van der Waals surface area contributed by atoms with E-state index in [0.29, 0.717) is 19.4 Å². The van der Waals surface area contributed by atoms with Gasteiger partial charge in [0.2, 0.25) is 0 Å². The summed E-state index contributed by atoms with van der Waals surface area (Å²) in [6.45, 7) is 0.310. The summed E-state index contributed by atoms with van der Waals surface area (Å²) in [5.74, 6) is -3.55. The summed E-state index contributed by atoms with van der Waals surface area (Å²) in [5, 5.41) is 8.84. The van der Waals surface area contributed by atoms with Crippen LogP contribution in [0.15, 0.2) is 0 Å². The predicted molar refractivity (Wildman–Crippen MR) is 54.5 cm³/mol. The molecule has 0 unspecified atom stereocenters. The van der Waals surface area contributed by atoms with E-state index in [9.17, 15) is 13.6 Å². The van der Waals surface area contributed by atoms with Crippen molar-refractivity contribution in [1.29, 1.82) is 0 Å². The zero-order chi connectivity index (χ0) is 11.8. The molecule has 0 aromatic carbocycles. The lowest BCUT2D eigenvalue weighted by Crippen LogP contribution is -2.39. The van der Waals surface area contributed by atoms with Gasteiger partial charge in [-0.2, -0.15) is 0 Å². The smallest absolute Gasteiger partial charge is 0.306 e. The Kier molecular flexibility index (Phi) is 3.15. The quantitative estimate of drug-likeness (QED) is 0.792. The SMILES string of the molecule is O=C(O)C1CCC(N2CCC(F)(F)C2)CC1. The fraction of sp³-hybridized carbons (Fsp3) is 0.909. The third-order valence-electron chi connectivity index (χ3n) is 3.76. The lowest BCUT2D eigenvalue weighted by Gasteiger charge is -2.33. The maximum absolute atomic E-state index is 13.0. The second-order valence-corrected chi connectivity index (χ2v) is 4.92. The normalized spacial score (nSPS) is 35.1. The fourth-order valence-corrected chi connectivity index (χ4v) is 2.76. The molecule has 16 heavy (non-hydrogen) atoms. The summed E-state index contributed by atoms with van der Waals surface area (Å²) in [5.41, 5.74) is 0. The average molecular weight is 233 g/mol. The molecular weight excluding hydrogens is 216 g/mol. The number of likely N-dealkylation sites (tertiary alicyclic amines) is 1. The molecule has 92 valence electrons. The molecule has 1 saturated heterocycles. The number of halogens is 2. The molecule has 2 rings (SSSR count). The molecule has 1 N–H and O–H groups in total. The van der Waals surface area contributed by atoms with Crippen LogP contribution in [0.4, 0.5) is 8.78 Å². The van der Waals surface area contributed by atoms with E-state index in [1.807, 2.05) is 4.90 Å². The molecular formula is C11H17F2NO2. The minimum absolute atomic E-state index is 0.0497. The first kappa shape index (κ1) is 11.8. The largest absolute Gasteiger partial charge is 0.481 e. The van der Waals surface area contributed by atoms with Crippen LogP contribution in [0.25, 0.3) is 0 Å². The van der Waals surface area contributed by atoms with Gasteiger partial charge in [0.05, 0.1) is 12.5 Å². The van der Waals surface area contributed by atoms with Gasteiger partial charge >= 0.3 is 5.97 Å². The number of hydrogen-bond donors (Lipinski definition) is 1. The Balaban J connectivity index is 1.84. The van der Waals surface area contributed by atoms with Crippen LogP contribution in [0.3, 0.4) is 0 Å². The van der Waals surface area contributed by atoms with E-state index in [4.69, 9.17) is 5.11 Å². The topological polar surface area (TPSA) is 40.5 Å². The van der Waals surface area contributed by atoms with Gasteiger partial charge in [0.1, 0.15) is 0 Å². The molecule has 3 nitrogen and oxygen atoms in total. The van der Waals surface area contributed by atoms with Crippen molar-refractivity contribution < 1.29 is 18.7 Å². The highest BCUT2D eigenvalue weighted by atomic mass is 19.3. The Morgan fingerprint density at radius 1 is 1.25 bits per heavy atom. The number of carbonyl (C=O) groups is 1. The first-order valence-corrected chi connectivity index (χ1v) is 5.83. The van der Waals surface area contributed by atoms with Crippen molar-refractivity contribution in [3.8, 4) is 0 Å². The van der Waals surface area contributed by atoms with Crippen LogP contribution in [-0.2, 0) is 4.79 Å². The zero-order valence-corrected chi connectivity index (χ0v) is 9.16. The highest BCUT2D eigenvalue weighted by molar-refractivity contribution is 5.70. The number of nitrogens with zero attached hydrogens (tertiary/aromatic N) is 1. The molecule has 0 atom stereocenters. The van der Waals surface area contributed by atoms with Crippen molar-refractivity contribution in [3.05, 3.63) is 0 Å². The van der Waals surface area contributed by atoms with Crippen molar-refractivity contribution in [2.75, 3.05) is 13.1 Å². The minimum atomic E-state index is -2.54. The number of hydrogen-bond acceptors (Lipinski definition) is 2. The summed E-state index contributed by atoms with van der Waals surface area (Å²) < 4.78 is 26.0. The van der Waals surface area contributed by atoms with Crippen LogP contribution >= 0.6 is 0 Å². The van der Waals surface area contributed by atoms with E-state index in [1.54, 1.807) is 0 Å². The van der Waals surface area contributed by atoms with E-state index in [0.717, 1.165) is 12.8 Å². The standard InChI is InChI=1S/C11H17F2NO2/c12-11(13)5-6-14(7-11)9-3-1-8(2-4-9)10(15)16/h8-9H,1-7H2,(H,15,16).